The van der Waals surface area contributed by atoms with Crippen LogP contribution in [0.3, 0.4) is 0 Å². The Balaban J connectivity index is 0.00000420. The highest BCUT2D eigenvalue weighted by molar-refractivity contribution is 5.85. The van der Waals surface area contributed by atoms with Gasteiger partial charge in [0.05, 0.1) is 5.54 Å². The molecule has 1 aliphatic rings. The molecule has 166 valence electrons. The minimum atomic E-state index is -0.567. The number of nitrogens with two attached hydrogens (primary N) is 1. The summed E-state index contributed by atoms with van der Waals surface area (Å²) in [6.07, 6.45) is 6.51. The molecule has 1 heterocycles. The standard InChI is InChI=1S/C20H35N5O3.ClH/c1-14(2)19(4,13-21)24-16(27)9-10-17-22-18(25-28-17)20(23-15(3)26)11-7-5-6-8-12-20;/h14H,5-13,21H2,1-4H3,(H,23,26)(H,24,27);1H. The molecule has 1 saturated carbocycles. The van der Waals surface area contributed by atoms with Crippen molar-refractivity contribution in [3.8, 4) is 0 Å². The number of aryl methyl sites for hydroxylation is 1. The number of hydrogen-bond donors (Lipinski definition) is 3. The minimum Gasteiger partial charge on any atom is -0.349 e. The van der Waals surface area contributed by atoms with Gasteiger partial charge in [0.15, 0.2) is 5.82 Å². The highest BCUT2D eigenvalue weighted by Crippen LogP contribution is 2.34. The van der Waals surface area contributed by atoms with E-state index in [1.54, 1.807) is 0 Å². The largest absolute Gasteiger partial charge is 0.349 e. The van der Waals surface area contributed by atoms with E-state index in [1.807, 2.05) is 20.8 Å². The van der Waals surface area contributed by atoms with E-state index < -0.39 is 11.1 Å². The van der Waals surface area contributed by atoms with Crippen LogP contribution in [0.5, 0.6) is 0 Å². The van der Waals surface area contributed by atoms with Crippen LogP contribution >= 0.6 is 12.4 Å². The normalized spacial score (nSPS) is 18.3. The fourth-order valence-corrected chi connectivity index (χ4v) is 3.66. The maximum absolute atomic E-state index is 12.3. The average molecular weight is 430 g/mol. The third-order valence-corrected chi connectivity index (χ3v) is 5.96. The van der Waals surface area contributed by atoms with Crippen LogP contribution in [0.4, 0.5) is 0 Å². The van der Waals surface area contributed by atoms with E-state index in [1.165, 1.54) is 6.92 Å². The van der Waals surface area contributed by atoms with Gasteiger partial charge in [-0.05, 0) is 25.7 Å². The Morgan fingerprint density at radius 1 is 1.24 bits per heavy atom. The summed E-state index contributed by atoms with van der Waals surface area (Å²) in [6, 6.07) is 0. The smallest absolute Gasteiger partial charge is 0.227 e. The minimum absolute atomic E-state index is 0. The lowest BCUT2D eigenvalue weighted by Gasteiger charge is -2.33. The highest BCUT2D eigenvalue weighted by Gasteiger charge is 2.38. The zero-order valence-electron chi connectivity index (χ0n) is 18.0. The van der Waals surface area contributed by atoms with Gasteiger partial charge in [-0.3, -0.25) is 9.59 Å². The van der Waals surface area contributed by atoms with Gasteiger partial charge >= 0.3 is 0 Å². The predicted molar refractivity (Wildman–Crippen MR) is 114 cm³/mol. The van der Waals surface area contributed by atoms with Gasteiger partial charge in [-0.2, -0.15) is 4.98 Å². The first-order chi connectivity index (χ1) is 13.2. The number of carbonyl (C=O) groups is 2. The third-order valence-electron chi connectivity index (χ3n) is 5.96. The molecule has 9 heteroatoms. The molecule has 0 aliphatic heterocycles. The molecule has 0 saturated heterocycles. The van der Waals surface area contributed by atoms with Crippen LogP contribution in [0.15, 0.2) is 4.52 Å². The molecule has 0 spiro atoms. The molecule has 1 aromatic heterocycles. The van der Waals surface area contributed by atoms with Crippen molar-refractivity contribution >= 4 is 24.2 Å². The number of aromatic nitrogens is 2. The van der Waals surface area contributed by atoms with Crippen molar-refractivity contribution in [2.45, 2.75) is 90.1 Å². The molecule has 2 amide bonds. The fraction of sp³-hybridized carbons (Fsp3) is 0.800. The van der Waals surface area contributed by atoms with E-state index in [-0.39, 0.29) is 36.6 Å². The van der Waals surface area contributed by atoms with E-state index in [9.17, 15) is 9.59 Å². The van der Waals surface area contributed by atoms with Crippen LogP contribution in [0.2, 0.25) is 0 Å². The second-order valence-electron chi connectivity index (χ2n) is 8.51. The molecule has 1 aliphatic carbocycles. The zero-order valence-corrected chi connectivity index (χ0v) is 18.9. The predicted octanol–water partition coefficient (Wildman–Crippen LogP) is 2.60. The van der Waals surface area contributed by atoms with E-state index in [2.05, 4.69) is 20.8 Å². The first kappa shape index (κ1) is 25.4. The zero-order chi connectivity index (χ0) is 20.8. The molecule has 0 radical (unpaired) electrons. The van der Waals surface area contributed by atoms with Gasteiger partial charge in [-0.15, -0.1) is 12.4 Å². The van der Waals surface area contributed by atoms with Crippen molar-refractivity contribution in [1.82, 2.24) is 20.8 Å². The SMILES string of the molecule is CC(=O)NC1(c2noc(CCC(=O)NC(C)(CN)C(C)C)n2)CCCCCC1.Cl. The summed E-state index contributed by atoms with van der Waals surface area (Å²) in [4.78, 5) is 28.7. The number of rotatable bonds is 8. The number of nitrogens with one attached hydrogen (secondary N) is 2. The van der Waals surface area contributed by atoms with Gasteiger partial charge < -0.3 is 20.9 Å². The molecule has 1 atom stereocenters. The van der Waals surface area contributed by atoms with E-state index in [0.717, 1.165) is 38.5 Å². The Kier molecular flexibility index (Phi) is 9.55. The van der Waals surface area contributed by atoms with Crippen molar-refractivity contribution in [1.29, 1.82) is 0 Å². The summed E-state index contributed by atoms with van der Waals surface area (Å²) in [7, 11) is 0. The molecule has 1 fully saturated rings. The first-order valence-corrected chi connectivity index (χ1v) is 10.3. The fourth-order valence-electron chi connectivity index (χ4n) is 3.66. The number of hydrogen-bond acceptors (Lipinski definition) is 6. The Bertz CT molecular complexity index is 671. The van der Waals surface area contributed by atoms with Crippen LogP contribution < -0.4 is 16.4 Å². The molecule has 4 N–H and O–H groups in total. The van der Waals surface area contributed by atoms with Gasteiger partial charge in [-0.1, -0.05) is 44.7 Å². The van der Waals surface area contributed by atoms with Gasteiger partial charge in [0.1, 0.15) is 5.54 Å². The number of carbonyl (C=O) groups excluding carboxylic acids is 2. The van der Waals surface area contributed by atoms with Crippen molar-refractivity contribution in [3.63, 3.8) is 0 Å². The van der Waals surface area contributed by atoms with E-state index in [4.69, 9.17) is 10.3 Å². The molecule has 8 nitrogen and oxygen atoms in total. The molecule has 1 unspecified atom stereocenters. The Labute approximate surface area is 179 Å². The average Bonchev–Trinajstić information content (AvgIpc) is 3.00. The van der Waals surface area contributed by atoms with Crippen LogP contribution in [0.25, 0.3) is 0 Å². The van der Waals surface area contributed by atoms with E-state index in [0.29, 0.717) is 24.7 Å². The molecule has 29 heavy (non-hydrogen) atoms. The van der Waals surface area contributed by atoms with Crippen molar-refractivity contribution in [2.24, 2.45) is 11.7 Å². The summed E-state index contributed by atoms with van der Waals surface area (Å²) in [6.45, 7) is 7.91. The summed E-state index contributed by atoms with van der Waals surface area (Å²) < 4.78 is 5.40. The van der Waals surface area contributed by atoms with Gasteiger partial charge in [-0.25, -0.2) is 0 Å². The van der Waals surface area contributed by atoms with Crippen LogP contribution in [0.1, 0.15) is 84.4 Å². The highest BCUT2D eigenvalue weighted by atomic mass is 35.5. The van der Waals surface area contributed by atoms with Crippen molar-refractivity contribution in [2.75, 3.05) is 6.54 Å². The number of nitrogens with zero attached hydrogens (tertiary/aromatic N) is 2. The maximum Gasteiger partial charge on any atom is 0.227 e. The lowest BCUT2D eigenvalue weighted by atomic mass is 9.88. The van der Waals surface area contributed by atoms with Crippen LogP contribution in [0, 0.1) is 5.92 Å². The van der Waals surface area contributed by atoms with Crippen LogP contribution in [-0.4, -0.2) is 34.0 Å². The molecular formula is C20H36ClN5O3. The second-order valence-corrected chi connectivity index (χ2v) is 8.51. The van der Waals surface area contributed by atoms with Gasteiger partial charge in [0.25, 0.3) is 0 Å². The quantitative estimate of drug-likeness (QED) is 0.545. The summed E-state index contributed by atoms with van der Waals surface area (Å²) >= 11 is 0. The van der Waals surface area contributed by atoms with E-state index >= 15 is 0 Å². The molecule has 0 bridgehead atoms. The summed E-state index contributed by atoms with van der Waals surface area (Å²) in [5.74, 6) is 0.978. The van der Waals surface area contributed by atoms with Crippen LogP contribution in [-0.2, 0) is 21.5 Å². The van der Waals surface area contributed by atoms with Gasteiger partial charge in [0.2, 0.25) is 17.7 Å². The summed E-state index contributed by atoms with van der Waals surface area (Å²) in [5.41, 5.74) is 4.82. The second kappa shape index (κ2) is 10.9. The maximum atomic E-state index is 12.3. The Morgan fingerprint density at radius 3 is 2.38 bits per heavy atom. The summed E-state index contributed by atoms with van der Waals surface area (Å²) in [5, 5.41) is 10.2. The molecular weight excluding hydrogens is 394 g/mol. The van der Waals surface area contributed by atoms with Gasteiger partial charge in [0, 0.05) is 26.3 Å². The first-order valence-electron chi connectivity index (χ1n) is 10.3. The lowest BCUT2D eigenvalue weighted by molar-refractivity contribution is -0.123. The Hall–Kier alpha value is -1.67. The lowest BCUT2D eigenvalue weighted by Crippen LogP contribution is -2.55. The topological polar surface area (TPSA) is 123 Å². The molecule has 0 aromatic carbocycles. The van der Waals surface area contributed by atoms with Crippen molar-refractivity contribution < 1.29 is 14.1 Å². The monoisotopic (exact) mass is 429 g/mol. The number of halogens is 1. The Morgan fingerprint density at radius 2 is 1.86 bits per heavy atom. The number of amides is 2. The molecule has 1 aromatic rings. The third kappa shape index (κ3) is 6.67. The molecule has 2 rings (SSSR count). The van der Waals surface area contributed by atoms with Crippen molar-refractivity contribution in [3.05, 3.63) is 11.7 Å².